The maximum absolute atomic E-state index is 13.9. The number of carbonyl (C=O) groups excluding carboxylic acids is 2. The van der Waals surface area contributed by atoms with E-state index < -0.39 is 5.82 Å². The first-order valence-corrected chi connectivity index (χ1v) is 10.3. The van der Waals surface area contributed by atoms with Crippen LogP contribution in [0.2, 0.25) is 0 Å². The van der Waals surface area contributed by atoms with E-state index in [0.29, 0.717) is 58.7 Å². The van der Waals surface area contributed by atoms with Gasteiger partial charge in [-0.3, -0.25) is 9.59 Å². The van der Waals surface area contributed by atoms with Gasteiger partial charge in [-0.25, -0.2) is 4.39 Å². The maximum Gasteiger partial charge on any atom is 0.256 e. The number of hydrogen-bond acceptors (Lipinski definition) is 4. The van der Waals surface area contributed by atoms with Crippen LogP contribution in [-0.4, -0.2) is 61.0 Å². The Balaban J connectivity index is 1.31. The number of nitrogens with zero attached hydrogens (tertiary/aromatic N) is 2. The van der Waals surface area contributed by atoms with Crippen LogP contribution in [0.25, 0.3) is 0 Å². The second kappa shape index (κ2) is 9.15. The zero-order valence-corrected chi connectivity index (χ0v) is 16.8. The first-order chi connectivity index (χ1) is 14.6. The minimum absolute atomic E-state index is 0.0603. The van der Waals surface area contributed by atoms with Crippen LogP contribution in [0.4, 0.5) is 4.39 Å². The fourth-order valence-electron chi connectivity index (χ4n) is 3.83. The number of halogens is 1. The Labute approximate surface area is 175 Å². The van der Waals surface area contributed by atoms with Crippen molar-refractivity contribution >= 4 is 11.8 Å². The molecule has 4 rings (SSSR count). The molecule has 2 aromatic rings. The Bertz CT molecular complexity index is 933. The molecule has 30 heavy (non-hydrogen) atoms. The second-order valence-electron chi connectivity index (χ2n) is 7.48. The lowest BCUT2D eigenvalue weighted by molar-refractivity contribution is -0.131. The van der Waals surface area contributed by atoms with Gasteiger partial charge in [0.15, 0.2) is 11.5 Å². The Hall–Kier alpha value is -3.09. The van der Waals surface area contributed by atoms with Gasteiger partial charge in [-0.15, -0.1) is 0 Å². The summed E-state index contributed by atoms with van der Waals surface area (Å²) >= 11 is 0. The van der Waals surface area contributed by atoms with Gasteiger partial charge in [0.25, 0.3) is 5.91 Å². The summed E-state index contributed by atoms with van der Waals surface area (Å²) in [5.41, 5.74) is 1.11. The summed E-state index contributed by atoms with van der Waals surface area (Å²) in [6, 6.07) is 11.8. The van der Waals surface area contributed by atoms with Crippen molar-refractivity contribution in [2.75, 3.05) is 39.4 Å². The third-order valence-electron chi connectivity index (χ3n) is 5.47. The highest BCUT2D eigenvalue weighted by atomic mass is 19.1. The molecule has 158 valence electrons. The molecular weight excluding hydrogens is 387 g/mol. The summed E-state index contributed by atoms with van der Waals surface area (Å²) in [6.45, 7) is 3.06. The van der Waals surface area contributed by atoms with Gasteiger partial charge in [0.1, 0.15) is 19.0 Å². The predicted octanol–water partition coefficient (Wildman–Crippen LogP) is 2.90. The highest BCUT2D eigenvalue weighted by Crippen LogP contribution is 2.31. The van der Waals surface area contributed by atoms with E-state index in [1.165, 1.54) is 12.1 Å². The molecule has 1 fully saturated rings. The molecule has 0 aromatic heterocycles. The molecule has 0 bridgehead atoms. The molecule has 0 atom stereocenters. The van der Waals surface area contributed by atoms with E-state index in [0.717, 1.165) is 17.1 Å². The van der Waals surface area contributed by atoms with Crippen molar-refractivity contribution in [1.82, 2.24) is 9.80 Å². The minimum atomic E-state index is -0.515. The number of hydrogen-bond donors (Lipinski definition) is 0. The van der Waals surface area contributed by atoms with E-state index in [1.807, 2.05) is 18.2 Å². The van der Waals surface area contributed by atoms with Crippen LogP contribution >= 0.6 is 0 Å². The number of benzene rings is 2. The lowest BCUT2D eigenvalue weighted by atomic mass is 10.1. The largest absolute Gasteiger partial charge is 0.486 e. The van der Waals surface area contributed by atoms with Crippen molar-refractivity contribution in [3.8, 4) is 11.5 Å². The first kappa shape index (κ1) is 20.2. The normalized spacial score (nSPS) is 16.2. The summed E-state index contributed by atoms with van der Waals surface area (Å²) in [4.78, 5) is 28.8. The molecule has 2 aliphatic rings. The number of ether oxygens (including phenoxy) is 2. The number of fused-ring (bicyclic) bond motifs is 1. The zero-order valence-electron chi connectivity index (χ0n) is 16.8. The maximum atomic E-state index is 13.9. The van der Waals surface area contributed by atoms with Gasteiger partial charge in [-0.05, 0) is 42.7 Å². The molecule has 2 aromatic carbocycles. The molecule has 0 radical (unpaired) electrons. The van der Waals surface area contributed by atoms with Gasteiger partial charge >= 0.3 is 0 Å². The van der Waals surface area contributed by atoms with Crippen molar-refractivity contribution < 1.29 is 23.5 Å². The molecule has 0 spiro atoms. The summed E-state index contributed by atoms with van der Waals surface area (Å²) in [5.74, 6) is 0.689. The predicted molar refractivity (Wildman–Crippen MR) is 109 cm³/mol. The molecule has 7 heteroatoms. The highest BCUT2D eigenvalue weighted by molar-refractivity contribution is 5.94. The van der Waals surface area contributed by atoms with Crippen LogP contribution in [0, 0.1) is 5.82 Å². The summed E-state index contributed by atoms with van der Waals surface area (Å²) in [5, 5.41) is 0. The van der Waals surface area contributed by atoms with Crippen molar-refractivity contribution in [3.63, 3.8) is 0 Å². The number of rotatable bonds is 4. The van der Waals surface area contributed by atoms with Gasteiger partial charge in [0.2, 0.25) is 5.91 Å². The molecular formula is C23H25FN2O4. The zero-order chi connectivity index (χ0) is 20.9. The van der Waals surface area contributed by atoms with Crippen molar-refractivity contribution in [3.05, 3.63) is 59.4 Å². The Morgan fingerprint density at radius 1 is 0.900 bits per heavy atom. The second-order valence-corrected chi connectivity index (χ2v) is 7.48. The van der Waals surface area contributed by atoms with Crippen LogP contribution in [-0.2, 0) is 11.2 Å². The molecule has 0 saturated carbocycles. The average Bonchev–Trinajstić information content (AvgIpc) is 3.03. The quantitative estimate of drug-likeness (QED) is 0.775. The van der Waals surface area contributed by atoms with E-state index in [1.54, 1.807) is 21.9 Å². The van der Waals surface area contributed by atoms with Crippen molar-refractivity contribution in [1.29, 1.82) is 0 Å². The van der Waals surface area contributed by atoms with Gasteiger partial charge in [0.05, 0.1) is 5.56 Å². The monoisotopic (exact) mass is 412 g/mol. The first-order valence-electron chi connectivity index (χ1n) is 10.3. The minimum Gasteiger partial charge on any atom is -0.486 e. The molecule has 0 aliphatic carbocycles. The molecule has 0 N–H and O–H groups in total. The van der Waals surface area contributed by atoms with Crippen molar-refractivity contribution in [2.24, 2.45) is 0 Å². The van der Waals surface area contributed by atoms with Gasteiger partial charge in [-0.2, -0.15) is 0 Å². The number of aryl methyl sites for hydroxylation is 1. The third kappa shape index (κ3) is 4.56. The van der Waals surface area contributed by atoms with Crippen LogP contribution in [0.1, 0.15) is 28.8 Å². The van der Waals surface area contributed by atoms with Gasteiger partial charge in [0, 0.05) is 32.6 Å². The summed E-state index contributed by atoms with van der Waals surface area (Å²) in [6.07, 6.45) is 1.68. The van der Waals surface area contributed by atoms with E-state index in [9.17, 15) is 14.0 Å². The van der Waals surface area contributed by atoms with E-state index in [2.05, 4.69) is 0 Å². The number of amides is 2. The smallest absolute Gasteiger partial charge is 0.256 e. The average molecular weight is 412 g/mol. The SMILES string of the molecule is O=C(CCc1ccc2c(c1)OCCO2)N1CCCN(C(=O)c2ccccc2F)CC1. The molecule has 0 unspecified atom stereocenters. The molecule has 2 heterocycles. The fraction of sp³-hybridized carbons (Fsp3) is 0.391. The number of carbonyl (C=O) groups is 2. The van der Waals surface area contributed by atoms with E-state index in [-0.39, 0.29) is 17.4 Å². The van der Waals surface area contributed by atoms with Crippen molar-refractivity contribution in [2.45, 2.75) is 19.3 Å². The fourth-order valence-corrected chi connectivity index (χ4v) is 3.83. The van der Waals surface area contributed by atoms with Crippen LogP contribution < -0.4 is 9.47 Å². The highest BCUT2D eigenvalue weighted by Gasteiger charge is 2.24. The molecule has 1 saturated heterocycles. The van der Waals surface area contributed by atoms with Crippen LogP contribution in [0.3, 0.4) is 0 Å². The molecule has 2 amide bonds. The topological polar surface area (TPSA) is 59.1 Å². The lowest BCUT2D eigenvalue weighted by Gasteiger charge is -2.22. The summed E-state index contributed by atoms with van der Waals surface area (Å²) < 4.78 is 25.1. The Morgan fingerprint density at radius 3 is 2.47 bits per heavy atom. The molecule has 2 aliphatic heterocycles. The van der Waals surface area contributed by atoms with E-state index >= 15 is 0 Å². The lowest BCUT2D eigenvalue weighted by Crippen LogP contribution is -2.37. The Morgan fingerprint density at radius 2 is 1.63 bits per heavy atom. The van der Waals surface area contributed by atoms with Gasteiger partial charge < -0.3 is 19.3 Å². The Kier molecular flexibility index (Phi) is 6.16. The van der Waals surface area contributed by atoms with Crippen LogP contribution in [0.5, 0.6) is 11.5 Å². The standard InChI is InChI=1S/C23H25FN2O4/c24-19-5-2-1-4-18(19)23(28)26-11-3-10-25(12-13-26)22(27)9-7-17-6-8-20-21(16-17)30-15-14-29-20/h1-2,4-6,8,16H,3,7,9-15H2. The molecule has 6 nitrogen and oxygen atoms in total. The third-order valence-corrected chi connectivity index (χ3v) is 5.47. The van der Waals surface area contributed by atoms with Crippen LogP contribution in [0.15, 0.2) is 42.5 Å². The van der Waals surface area contributed by atoms with Gasteiger partial charge in [-0.1, -0.05) is 18.2 Å². The summed E-state index contributed by atoms with van der Waals surface area (Å²) in [7, 11) is 0. The van der Waals surface area contributed by atoms with E-state index in [4.69, 9.17) is 9.47 Å².